The molecule has 1 atom stereocenters. The number of fused-ring (bicyclic) bond motifs is 1. The molecule has 1 saturated carbocycles. The molecule has 1 N–H and O–H groups in total. The van der Waals surface area contributed by atoms with Crippen LogP contribution < -0.4 is 10.2 Å². The van der Waals surface area contributed by atoms with Gasteiger partial charge in [-0.1, -0.05) is 74.7 Å². The van der Waals surface area contributed by atoms with Crippen LogP contribution in [0.5, 0.6) is 0 Å². The number of carbonyl (C=O) groups excluding carboxylic acids is 1. The first-order valence-corrected chi connectivity index (χ1v) is 11.2. The minimum Gasteiger partial charge on any atom is -0.357 e. The highest BCUT2D eigenvalue weighted by atomic mass is 16.1. The van der Waals surface area contributed by atoms with Crippen LogP contribution >= 0.6 is 0 Å². The van der Waals surface area contributed by atoms with Crippen LogP contribution in [0.25, 0.3) is 10.9 Å². The van der Waals surface area contributed by atoms with Crippen LogP contribution in [0.2, 0.25) is 0 Å². The molecule has 0 bridgehead atoms. The molecule has 1 unspecified atom stereocenters. The van der Waals surface area contributed by atoms with E-state index in [0.717, 1.165) is 28.7 Å². The second-order valence-corrected chi connectivity index (χ2v) is 8.29. The maximum atomic E-state index is 13.4. The lowest BCUT2D eigenvalue weighted by atomic mass is 9.94. The zero-order valence-corrected chi connectivity index (χ0v) is 18.0. The summed E-state index contributed by atoms with van der Waals surface area (Å²) in [6.07, 6.45) is 7.09. The van der Waals surface area contributed by atoms with Crippen LogP contribution in [0.4, 0.5) is 5.82 Å². The van der Waals surface area contributed by atoms with Crippen molar-refractivity contribution in [1.82, 2.24) is 10.3 Å². The zero-order valence-electron chi connectivity index (χ0n) is 18.0. The maximum absolute atomic E-state index is 13.4. The maximum Gasteiger partial charge on any atom is 0.252 e. The van der Waals surface area contributed by atoms with Crippen LogP contribution in [-0.2, 0) is 0 Å². The van der Waals surface area contributed by atoms with Crippen molar-refractivity contribution in [2.75, 3.05) is 11.9 Å². The third kappa shape index (κ3) is 4.33. The number of rotatable bonds is 6. The number of hydrogen-bond donors (Lipinski definition) is 1. The van der Waals surface area contributed by atoms with Crippen LogP contribution in [0.1, 0.15) is 67.4 Å². The molecule has 1 aromatic heterocycles. The molecule has 4 rings (SSSR count). The number of nitrogens with zero attached hydrogens (tertiary/aromatic N) is 2. The summed E-state index contributed by atoms with van der Waals surface area (Å²) in [7, 11) is 2.12. The van der Waals surface area contributed by atoms with Crippen molar-refractivity contribution >= 4 is 22.6 Å². The standard InChI is InChI=1S/C26H31N3O/c1-3-23(19-12-6-4-7-13-19)28-26(30)22-18-25(27-24-17-11-10-16-21(22)24)29(2)20-14-8-5-9-15-20/h4,6-7,10-13,16-18,20,23H,3,5,8-9,14-15H2,1-2H3,(H,28,30). The highest BCUT2D eigenvalue weighted by molar-refractivity contribution is 6.07. The Balaban J connectivity index is 1.67. The number of para-hydroxylation sites is 1. The molecule has 1 aliphatic rings. The summed E-state index contributed by atoms with van der Waals surface area (Å²) < 4.78 is 0. The Morgan fingerprint density at radius 2 is 1.77 bits per heavy atom. The van der Waals surface area contributed by atoms with Gasteiger partial charge in [0.2, 0.25) is 0 Å². The van der Waals surface area contributed by atoms with Crippen molar-refractivity contribution in [1.29, 1.82) is 0 Å². The normalized spacial score (nSPS) is 15.7. The van der Waals surface area contributed by atoms with Gasteiger partial charge in [0.05, 0.1) is 17.1 Å². The predicted octanol–water partition coefficient (Wildman–Crippen LogP) is 5.88. The molecular weight excluding hydrogens is 370 g/mol. The van der Waals surface area contributed by atoms with Gasteiger partial charge in [-0.25, -0.2) is 4.98 Å². The molecule has 4 nitrogen and oxygen atoms in total. The first-order valence-electron chi connectivity index (χ1n) is 11.2. The molecular formula is C26H31N3O. The summed E-state index contributed by atoms with van der Waals surface area (Å²) >= 11 is 0. The van der Waals surface area contributed by atoms with E-state index in [2.05, 4.69) is 36.3 Å². The van der Waals surface area contributed by atoms with Gasteiger partial charge in [-0.3, -0.25) is 4.79 Å². The third-order valence-electron chi connectivity index (χ3n) is 6.35. The molecule has 0 radical (unpaired) electrons. The number of anilines is 1. The molecule has 1 amide bonds. The number of amides is 1. The first kappa shape index (κ1) is 20.4. The second-order valence-electron chi connectivity index (χ2n) is 8.29. The van der Waals surface area contributed by atoms with Crippen molar-refractivity contribution in [2.45, 2.75) is 57.5 Å². The predicted molar refractivity (Wildman–Crippen MR) is 124 cm³/mol. The van der Waals surface area contributed by atoms with Gasteiger partial charge in [0, 0.05) is 18.5 Å². The Morgan fingerprint density at radius 1 is 1.07 bits per heavy atom. The fourth-order valence-corrected chi connectivity index (χ4v) is 4.53. The van der Waals surface area contributed by atoms with Crippen LogP contribution in [0.3, 0.4) is 0 Å². The Kier molecular flexibility index (Phi) is 6.32. The minimum atomic E-state index is -0.0393. The first-order chi connectivity index (χ1) is 14.7. The SMILES string of the molecule is CCC(NC(=O)c1cc(N(C)C2CCCCC2)nc2ccccc12)c1ccccc1. The number of pyridine rings is 1. The lowest BCUT2D eigenvalue weighted by molar-refractivity contribution is 0.0937. The zero-order chi connectivity index (χ0) is 20.9. The average Bonchev–Trinajstić information content (AvgIpc) is 2.82. The van der Waals surface area contributed by atoms with Crippen molar-refractivity contribution in [3.63, 3.8) is 0 Å². The van der Waals surface area contributed by atoms with Crippen molar-refractivity contribution in [2.24, 2.45) is 0 Å². The molecule has 0 saturated heterocycles. The number of nitrogens with one attached hydrogen (secondary N) is 1. The lowest BCUT2D eigenvalue weighted by Gasteiger charge is -2.32. The van der Waals surface area contributed by atoms with E-state index in [1.54, 1.807) is 0 Å². The summed E-state index contributed by atoms with van der Waals surface area (Å²) in [6.45, 7) is 2.10. The average molecular weight is 402 g/mol. The van der Waals surface area contributed by atoms with Gasteiger partial charge in [0.15, 0.2) is 0 Å². The summed E-state index contributed by atoms with van der Waals surface area (Å²) in [4.78, 5) is 20.6. The highest BCUT2D eigenvalue weighted by Gasteiger charge is 2.22. The third-order valence-corrected chi connectivity index (χ3v) is 6.35. The Labute approximate surface area is 179 Å². The molecule has 30 heavy (non-hydrogen) atoms. The molecule has 2 aromatic carbocycles. The molecule has 3 aromatic rings. The molecule has 0 aliphatic heterocycles. The fourth-order valence-electron chi connectivity index (χ4n) is 4.53. The molecule has 1 heterocycles. The summed E-state index contributed by atoms with van der Waals surface area (Å²) in [5.41, 5.74) is 2.70. The molecule has 1 aliphatic carbocycles. The molecule has 156 valence electrons. The van der Waals surface area contributed by atoms with Gasteiger partial charge in [-0.2, -0.15) is 0 Å². The fraction of sp³-hybridized carbons (Fsp3) is 0.385. The van der Waals surface area contributed by atoms with E-state index in [4.69, 9.17) is 4.98 Å². The van der Waals surface area contributed by atoms with Gasteiger partial charge in [0.1, 0.15) is 5.82 Å². The smallest absolute Gasteiger partial charge is 0.252 e. The lowest BCUT2D eigenvalue weighted by Crippen LogP contribution is -2.34. The summed E-state index contributed by atoms with van der Waals surface area (Å²) in [5.74, 6) is 0.848. The molecule has 4 heteroatoms. The van der Waals surface area contributed by atoms with E-state index in [9.17, 15) is 4.79 Å². The molecule has 0 spiro atoms. The van der Waals surface area contributed by atoms with E-state index < -0.39 is 0 Å². The van der Waals surface area contributed by atoms with Gasteiger partial charge >= 0.3 is 0 Å². The van der Waals surface area contributed by atoms with Crippen LogP contribution in [0, 0.1) is 0 Å². The van der Waals surface area contributed by atoms with Crippen molar-refractivity contribution < 1.29 is 4.79 Å². The van der Waals surface area contributed by atoms with E-state index in [-0.39, 0.29) is 11.9 Å². The quantitative estimate of drug-likeness (QED) is 0.560. The minimum absolute atomic E-state index is 0.00912. The van der Waals surface area contributed by atoms with Crippen LogP contribution in [-0.4, -0.2) is 24.0 Å². The highest BCUT2D eigenvalue weighted by Crippen LogP contribution is 2.29. The van der Waals surface area contributed by atoms with Gasteiger partial charge in [-0.05, 0) is 37.0 Å². The number of hydrogen-bond acceptors (Lipinski definition) is 3. The number of benzene rings is 2. The van der Waals surface area contributed by atoms with Gasteiger partial charge in [-0.15, -0.1) is 0 Å². The van der Waals surface area contributed by atoms with E-state index in [1.807, 2.05) is 48.5 Å². The largest absolute Gasteiger partial charge is 0.357 e. The van der Waals surface area contributed by atoms with Gasteiger partial charge < -0.3 is 10.2 Å². The second kappa shape index (κ2) is 9.29. The summed E-state index contributed by atoms with van der Waals surface area (Å²) in [5, 5.41) is 4.15. The monoisotopic (exact) mass is 401 g/mol. The van der Waals surface area contributed by atoms with Crippen molar-refractivity contribution in [3.05, 3.63) is 71.8 Å². The summed E-state index contributed by atoms with van der Waals surface area (Å²) in [6, 6.07) is 20.6. The molecule has 1 fully saturated rings. The van der Waals surface area contributed by atoms with E-state index >= 15 is 0 Å². The van der Waals surface area contributed by atoms with E-state index in [1.165, 1.54) is 32.1 Å². The van der Waals surface area contributed by atoms with Crippen LogP contribution in [0.15, 0.2) is 60.7 Å². The Morgan fingerprint density at radius 3 is 2.50 bits per heavy atom. The van der Waals surface area contributed by atoms with Gasteiger partial charge in [0.25, 0.3) is 5.91 Å². The Hall–Kier alpha value is -2.88. The van der Waals surface area contributed by atoms with Crippen molar-refractivity contribution in [3.8, 4) is 0 Å². The van der Waals surface area contributed by atoms with E-state index in [0.29, 0.717) is 11.6 Å². The number of aromatic nitrogens is 1. The topological polar surface area (TPSA) is 45.2 Å². The number of carbonyl (C=O) groups is 1. The Bertz CT molecular complexity index is 996.